The molecule has 0 bridgehead atoms. The van der Waals surface area contributed by atoms with Crippen molar-refractivity contribution >= 4 is 12.1 Å². The summed E-state index contributed by atoms with van der Waals surface area (Å²) in [6.07, 6.45) is -0.589. The Hall–Kier alpha value is -1.30. The van der Waals surface area contributed by atoms with Crippen LogP contribution in [0, 0.1) is 17.8 Å². The fraction of sp³-hybridized carbons (Fsp3) is 0.846. The summed E-state index contributed by atoms with van der Waals surface area (Å²) < 4.78 is 15.2. The van der Waals surface area contributed by atoms with E-state index in [1.807, 2.05) is 0 Å². The van der Waals surface area contributed by atoms with Gasteiger partial charge in [-0.25, -0.2) is 9.59 Å². The van der Waals surface area contributed by atoms with E-state index in [9.17, 15) is 9.59 Å². The number of alkyl carbamates (subject to hydrolysis) is 1. The van der Waals surface area contributed by atoms with Crippen LogP contribution < -0.4 is 5.32 Å². The Labute approximate surface area is 112 Å². The highest BCUT2D eigenvalue weighted by atomic mass is 16.6. The lowest BCUT2D eigenvalue weighted by atomic mass is 10.1. The largest absolute Gasteiger partial charge is 0.467 e. The first kappa shape index (κ1) is 14.1. The van der Waals surface area contributed by atoms with Gasteiger partial charge in [-0.15, -0.1) is 0 Å². The number of esters is 1. The summed E-state index contributed by atoms with van der Waals surface area (Å²) >= 11 is 0. The van der Waals surface area contributed by atoms with Crippen molar-refractivity contribution in [2.75, 3.05) is 20.3 Å². The van der Waals surface area contributed by atoms with Crippen molar-refractivity contribution in [3.8, 4) is 0 Å². The number of methoxy groups -OCH3 is 1. The van der Waals surface area contributed by atoms with E-state index in [0.29, 0.717) is 25.0 Å². The van der Waals surface area contributed by atoms with Crippen LogP contribution in [0.25, 0.3) is 0 Å². The molecule has 4 atom stereocenters. The van der Waals surface area contributed by atoms with Crippen molar-refractivity contribution in [2.24, 2.45) is 17.8 Å². The molecule has 108 valence electrons. The lowest BCUT2D eigenvalue weighted by Crippen LogP contribution is -2.46. The van der Waals surface area contributed by atoms with E-state index >= 15 is 0 Å². The Morgan fingerprint density at radius 3 is 2.32 bits per heavy atom. The molecule has 2 unspecified atom stereocenters. The Bertz CT molecular complexity index is 366. The number of amides is 1. The molecule has 2 aliphatic rings. The quantitative estimate of drug-likeness (QED) is 0.773. The van der Waals surface area contributed by atoms with E-state index in [-0.39, 0.29) is 5.92 Å². The number of rotatable bonds is 3. The average molecular weight is 271 g/mol. The molecule has 0 spiro atoms. The molecule has 0 aromatic rings. The maximum absolute atomic E-state index is 11.8. The highest BCUT2D eigenvalue weighted by Gasteiger charge is 2.60. The van der Waals surface area contributed by atoms with Gasteiger partial charge in [-0.1, -0.05) is 0 Å². The predicted octanol–water partition coefficient (Wildman–Crippen LogP) is 0.945. The number of hydrogen-bond acceptors (Lipinski definition) is 5. The predicted molar refractivity (Wildman–Crippen MR) is 66.5 cm³/mol. The van der Waals surface area contributed by atoms with Crippen molar-refractivity contribution in [1.82, 2.24) is 5.32 Å². The number of ether oxygens (including phenoxy) is 3. The summed E-state index contributed by atoms with van der Waals surface area (Å²) in [5.41, 5.74) is -0.590. The Morgan fingerprint density at radius 1 is 1.26 bits per heavy atom. The van der Waals surface area contributed by atoms with Crippen LogP contribution in [0.4, 0.5) is 4.79 Å². The van der Waals surface area contributed by atoms with E-state index in [0.717, 1.165) is 0 Å². The number of carbonyl (C=O) groups excluding carboxylic acids is 2. The third-order valence-electron chi connectivity index (χ3n) is 3.53. The van der Waals surface area contributed by atoms with Crippen LogP contribution in [0.1, 0.15) is 20.8 Å². The third-order valence-corrected chi connectivity index (χ3v) is 3.53. The maximum Gasteiger partial charge on any atom is 0.408 e. The zero-order valence-electron chi connectivity index (χ0n) is 11.8. The van der Waals surface area contributed by atoms with Gasteiger partial charge in [0.1, 0.15) is 11.6 Å². The average Bonchev–Trinajstić information content (AvgIpc) is 2.75. The molecule has 1 heterocycles. The topological polar surface area (TPSA) is 73.9 Å². The van der Waals surface area contributed by atoms with Crippen molar-refractivity contribution in [2.45, 2.75) is 32.4 Å². The summed E-state index contributed by atoms with van der Waals surface area (Å²) in [5.74, 6) is 0.372. The number of carbonyl (C=O) groups is 2. The molecule has 2 rings (SSSR count). The second-order valence-electron chi connectivity index (χ2n) is 6.09. The van der Waals surface area contributed by atoms with Gasteiger partial charge < -0.3 is 19.5 Å². The first-order chi connectivity index (χ1) is 8.83. The van der Waals surface area contributed by atoms with Crippen molar-refractivity contribution in [3.05, 3.63) is 0 Å². The Morgan fingerprint density at radius 2 is 1.84 bits per heavy atom. The standard InChI is InChI=1S/C13H21NO5/c1-13(2,3)19-12(16)14-10(11(15)17-4)9-7-5-18-6-8(7)9/h7-10H,5-6H2,1-4H3,(H,14,16)/t7-,8+,9?,10?. The maximum atomic E-state index is 11.8. The molecule has 1 saturated heterocycles. The van der Waals surface area contributed by atoms with E-state index in [1.54, 1.807) is 20.8 Å². The zero-order valence-corrected chi connectivity index (χ0v) is 11.8. The molecule has 6 nitrogen and oxygen atoms in total. The van der Waals surface area contributed by atoms with Gasteiger partial charge in [0.25, 0.3) is 0 Å². The third kappa shape index (κ3) is 3.18. The van der Waals surface area contributed by atoms with E-state index < -0.39 is 23.7 Å². The number of fused-ring (bicyclic) bond motifs is 1. The van der Waals surface area contributed by atoms with Gasteiger partial charge in [-0.05, 0) is 32.6 Å². The minimum absolute atomic E-state index is 0.105. The lowest BCUT2D eigenvalue weighted by Gasteiger charge is -2.23. The van der Waals surface area contributed by atoms with Crippen molar-refractivity contribution in [1.29, 1.82) is 0 Å². The minimum atomic E-state index is -0.640. The summed E-state index contributed by atoms with van der Waals surface area (Å²) in [5, 5.41) is 2.62. The summed E-state index contributed by atoms with van der Waals surface area (Å²) in [6, 6.07) is -0.640. The molecular formula is C13H21NO5. The molecule has 1 aliphatic heterocycles. The molecule has 19 heavy (non-hydrogen) atoms. The summed E-state index contributed by atoms with van der Waals surface area (Å²) in [6.45, 7) is 6.63. The van der Waals surface area contributed by atoms with Crippen LogP contribution in [0.2, 0.25) is 0 Å². The van der Waals surface area contributed by atoms with Crippen LogP contribution in [-0.2, 0) is 19.0 Å². The first-order valence-electron chi connectivity index (χ1n) is 6.48. The van der Waals surface area contributed by atoms with Gasteiger partial charge in [0, 0.05) is 5.92 Å². The van der Waals surface area contributed by atoms with Gasteiger partial charge in [0.2, 0.25) is 0 Å². The van der Waals surface area contributed by atoms with Crippen molar-refractivity contribution in [3.63, 3.8) is 0 Å². The van der Waals surface area contributed by atoms with Crippen LogP contribution in [0.15, 0.2) is 0 Å². The molecule has 1 amide bonds. The van der Waals surface area contributed by atoms with E-state index in [4.69, 9.17) is 14.2 Å². The van der Waals surface area contributed by atoms with E-state index in [2.05, 4.69) is 5.32 Å². The van der Waals surface area contributed by atoms with Gasteiger partial charge in [0.15, 0.2) is 0 Å². The van der Waals surface area contributed by atoms with Crippen LogP contribution in [0.5, 0.6) is 0 Å². The molecule has 1 N–H and O–H groups in total. The second-order valence-corrected chi connectivity index (χ2v) is 6.09. The molecule has 0 aromatic heterocycles. The Kier molecular flexibility index (Phi) is 3.71. The molecular weight excluding hydrogens is 250 g/mol. The normalized spacial score (nSPS) is 30.2. The van der Waals surface area contributed by atoms with E-state index in [1.165, 1.54) is 7.11 Å². The lowest BCUT2D eigenvalue weighted by molar-refractivity contribution is -0.144. The first-order valence-corrected chi connectivity index (χ1v) is 6.48. The minimum Gasteiger partial charge on any atom is -0.467 e. The number of hydrogen-bond donors (Lipinski definition) is 1. The summed E-state index contributed by atoms with van der Waals surface area (Å²) in [7, 11) is 1.32. The van der Waals surface area contributed by atoms with Gasteiger partial charge in [-0.3, -0.25) is 0 Å². The highest BCUT2D eigenvalue weighted by Crippen LogP contribution is 2.52. The molecule has 1 aliphatic carbocycles. The molecule has 2 fully saturated rings. The fourth-order valence-electron chi connectivity index (χ4n) is 2.65. The monoisotopic (exact) mass is 271 g/mol. The molecule has 1 saturated carbocycles. The smallest absolute Gasteiger partial charge is 0.408 e. The van der Waals surface area contributed by atoms with Gasteiger partial charge in [0.05, 0.1) is 20.3 Å². The molecule has 0 aromatic carbocycles. The fourth-order valence-corrected chi connectivity index (χ4v) is 2.65. The second kappa shape index (κ2) is 5.00. The summed E-state index contributed by atoms with van der Waals surface area (Å²) in [4.78, 5) is 23.6. The van der Waals surface area contributed by atoms with Crippen molar-refractivity contribution < 1.29 is 23.8 Å². The van der Waals surface area contributed by atoms with Gasteiger partial charge in [-0.2, -0.15) is 0 Å². The van der Waals surface area contributed by atoms with Gasteiger partial charge >= 0.3 is 12.1 Å². The highest BCUT2D eigenvalue weighted by molar-refractivity contribution is 5.82. The molecule has 0 radical (unpaired) electrons. The van der Waals surface area contributed by atoms with Crippen LogP contribution in [0.3, 0.4) is 0 Å². The number of nitrogens with one attached hydrogen (secondary N) is 1. The van der Waals surface area contributed by atoms with Crippen LogP contribution in [-0.4, -0.2) is 44.0 Å². The van der Waals surface area contributed by atoms with Crippen LogP contribution >= 0.6 is 0 Å². The zero-order chi connectivity index (χ0) is 14.2. The Balaban J connectivity index is 1.95. The SMILES string of the molecule is COC(=O)C(NC(=O)OC(C)(C)C)C1[C@H]2COC[C@@H]12. The molecule has 6 heteroatoms.